The molecule has 116 valence electrons. The first-order chi connectivity index (χ1) is 10.1. The fourth-order valence-electron chi connectivity index (χ4n) is 1.77. The fraction of sp³-hybridized carbons (Fsp3) is 0.538. The number of nitro groups is 2. The zero-order chi connectivity index (χ0) is 15.7. The van der Waals surface area contributed by atoms with Gasteiger partial charge in [0.15, 0.2) is 0 Å². The summed E-state index contributed by atoms with van der Waals surface area (Å²) in [4.78, 5) is 20.3. The van der Waals surface area contributed by atoms with E-state index in [1.54, 1.807) is 11.8 Å². The lowest BCUT2D eigenvalue weighted by Gasteiger charge is -2.06. The Morgan fingerprint density at radius 2 is 1.90 bits per heavy atom. The van der Waals surface area contributed by atoms with Gasteiger partial charge in [0.1, 0.15) is 5.69 Å². The van der Waals surface area contributed by atoms with E-state index in [4.69, 9.17) is 0 Å². The molecule has 0 saturated carbocycles. The lowest BCUT2D eigenvalue weighted by Crippen LogP contribution is -2.03. The highest BCUT2D eigenvalue weighted by molar-refractivity contribution is 7.99. The van der Waals surface area contributed by atoms with Gasteiger partial charge in [-0.25, -0.2) is 0 Å². The highest BCUT2D eigenvalue weighted by atomic mass is 32.2. The average molecular weight is 313 g/mol. The van der Waals surface area contributed by atoms with E-state index in [0.29, 0.717) is 11.6 Å². The van der Waals surface area contributed by atoms with Gasteiger partial charge in [0, 0.05) is 6.07 Å². The van der Waals surface area contributed by atoms with Crippen molar-refractivity contribution < 1.29 is 9.85 Å². The number of rotatable bonds is 10. The highest BCUT2D eigenvalue weighted by Gasteiger charge is 2.18. The SMILES string of the molecule is CCCCCCSCNc1ccc([N+](=O)[O-])cc1[N+](=O)[O-]. The molecule has 1 N–H and O–H groups in total. The van der Waals surface area contributed by atoms with Crippen LogP contribution in [0.2, 0.25) is 0 Å². The molecule has 0 unspecified atom stereocenters. The van der Waals surface area contributed by atoms with E-state index in [0.717, 1.165) is 18.2 Å². The number of anilines is 1. The molecular formula is C13H19N3O4S. The monoisotopic (exact) mass is 313 g/mol. The molecule has 0 aliphatic heterocycles. The first kappa shape index (κ1) is 17.2. The van der Waals surface area contributed by atoms with E-state index >= 15 is 0 Å². The van der Waals surface area contributed by atoms with Gasteiger partial charge in [-0.15, -0.1) is 11.8 Å². The van der Waals surface area contributed by atoms with Crippen LogP contribution in [0, 0.1) is 20.2 Å². The number of nitrogens with one attached hydrogen (secondary N) is 1. The summed E-state index contributed by atoms with van der Waals surface area (Å²) in [6.45, 7) is 2.16. The summed E-state index contributed by atoms with van der Waals surface area (Å²) >= 11 is 1.66. The first-order valence-electron chi connectivity index (χ1n) is 6.80. The summed E-state index contributed by atoms with van der Waals surface area (Å²) in [5, 5.41) is 24.5. The van der Waals surface area contributed by atoms with Crippen molar-refractivity contribution >= 4 is 28.8 Å². The molecule has 1 aromatic carbocycles. The molecule has 0 heterocycles. The minimum absolute atomic E-state index is 0.268. The van der Waals surface area contributed by atoms with Crippen LogP contribution in [0.5, 0.6) is 0 Å². The van der Waals surface area contributed by atoms with Crippen molar-refractivity contribution in [2.75, 3.05) is 16.9 Å². The van der Waals surface area contributed by atoms with Gasteiger partial charge in [0.2, 0.25) is 0 Å². The Kier molecular flexibility index (Phi) is 7.52. The van der Waals surface area contributed by atoms with Gasteiger partial charge >= 0.3 is 0 Å². The minimum atomic E-state index is -0.640. The molecule has 0 aliphatic rings. The summed E-state index contributed by atoms with van der Waals surface area (Å²) in [6, 6.07) is 3.63. The second-order valence-corrected chi connectivity index (χ2v) is 5.61. The van der Waals surface area contributed by atoms with Crippen LogP contribution in [0.1, 0.15) is 32.6 Å². The number of benzene rings is 1. The molecule has 0 radical (unpaired) electrons. The van der Waals surface area contributed by atoms with E-state index in [-0.39, 0.29) is 11.4 Å². The predicted molar refractivity (Wildman–Crippen MR) is 84.8 cm³/mol. The van der Waals surface area contributed by atoms with Crippen molar-refractivity contribution in [2.24, 2.45) is 0 Å². The third kappa shape index (κ3) is 5.99. The van der Waals surface area contributed by atoms with Gasteiger partial charge < -0.3 is 5.32 Å². The van der Waals surface area contributed by atoms with Gasteiger partial charge in [-0.3, -0.25) is 20.2 Å². The topological polar surface area (TPSA) is 98.3 Å². The molecule has 1 rings (SSSR count). The van der Waals surface area contributed by atoms with Crippen LogP contribution in [-0.2, 0) is 0 Å². The predicted octanol–water partition coefficient (Wildman–Crippen LogP) is 4.19. The molecule has 0 spiro atoms. The Bertz CT molecular complexity index is 496. The molecule has 0 aromatic heterocycles. The second kappa shape index (κ2) is 9.17. The number of non-ortho nitro benzene ring substituents is 1. The lowest BCUT2D eigenvalue weighted by atomic mass is 10.2. The minimum Gasteiger partial charge on any atom is -0.370 e. The zero-order valence-electron chi connectivity index (χ0n) is 11.9. The van der Waals surface area contributed by atoms with Crippen molar-refractivity contribution in [2.45, 2.75) is 32.6 Å². The maximum absolute atomic E-state index is 10.9. The van der Waals surface area contributed by atoms with Crippen LogP contribution < -0.4 is 5.32 Å². The van der Waals surface area contributed by atoms with Gasteiger partial charge in [-0.05, 0) is 18.2 Å². The Morgan fingerprint density at radius 3 is 2.52 bits per heavy atom. The van der Waals surface area contributed by atoms with Crippen molar-refractivity contribution in [3.05, 3.63) is 38.4 Å². The summed E-state index contributed by atoms with van der Waals surface area (Å²) in [5.74, 6) is 1.54. The maximum atomic E-state index is 10.9. The average Bonchev–Trinajstić information content (AvgIpc) is 2.46. The standard InChI is InChI=1S/C13H19N3O4S/c1-2-3-4-5-8-21-10-14-12-7-6-11(15(17)18)9-13(12)16(19)20/h6-7,9,14H,2-5,8,10H2,1H3. The van der Waals surface area contributed by atoms with Gasteiger partial charge in [0.05, 0.1) is 21.8 Å². The maximum Gasteiger partial charge on any atom is 0.299 e. The van der Waals surface area contributed by atoms with Crippen LogP contribution in [0.3, 0.4) is 0 Å². The molecule has 0 bridgehead atoms. The number of thioether (sulfide) groups is 1. The number of unbranched alkanes of at least 4 members (excludes halogenated alkanes) is 3. The highest BCUT2D eigenvalue weighted by Crippen LogP contribution is 2.29. The van der Waals surface area contributed by atoms with Crippen LogP contribution in [-0.4, -0.2) is 21.5 Å². The Hall–Kier alpha value is -1.83. The van der Waals surface area contributed by atoms with Crippen molar-refractivity contribution in [1.82, 2.24) is 0 Å². The number of nitrogens with zero attached hydrogens (tertiary/aromatic N) is 2. The largest absolute Gasteiger partial charge is 0.370 e. The Balaban J connectivity index is 2.51. The molecule has 0 aliphatic carbocycles. The molecule has 21 heavy (non-hydrogen) atoms. The first-order valence-corrected chi connectivity index (χ1v) is 7.96. The zero-order valence-corrected chi connectivity index (χ0v) is 12.7. The molecule has 8 heteroatoms. The Morgan fingerprint density at radius 1 is 1.14 bits per heavy atom. The van der Waals surface area contributed by atoms with Crippen LogP contribution in [0.4, 0.5) is 17.1 Å². The van der Waals surface area contributed by atoms with Gasteiger partial charge in [0.25, 0.3) is 11.4 Å². The van der Waals surface area contributed by atoms with E-state index in [1.165, 1.54) is 31.4 Å². The van der Waals surface area contributed by atoms with Gasteiger partial charge in [-0.1, -0.05) is 26.2 Å². The van der Waals surface area contributed by atoms with E-state index in [9.17, 15) is 20.2 Å². The van der Waals surface area contributed by atoms with Crippen LogP contribution in [0.25, 0.3) is 0 Å². The summed E-state index contributed by atoms with van der Waals surface area (Å²) in [7, 11) is 0. The number of nitro benzene ring substituents is 2. The molecule has 0 saturated heterocycles. The third-order valence-corrected chi connectivity index (χ3v) is 3.82. The lowest BCUT2D eigenvalue weighted by molar-refractivity contribution is -0.393. The molecule has 0 atom stereocenters. The number of hydrogen-bond donors (Lipinski definition) is 1. The fourth-order valence-corrected chi connectivity index (χ4v) is 2.58. The molecule has 0 amide bonds. The van der Waals surface area contributed by atoms with E-state index in [1.807, 2.05) is 0 Å². The summed E-state index contributed by atoms with van der Waals surface area (Å²) < 4.78 is 0. The third-order valence-electron chi connectivity index (χ3n) is 2.90. The summed E-state index contributed by atoms with van der Waals surface area (Å²) in [5.41, 5.74) is -0.234. The van der Waals surface area contributed by atoms with Crippen molar-refractivity contribution in [1.29, 1.82) is 0 Å². The van der Waals surface area contributed by atoms with Crippen LogP contribution in [0.15, 0.2) is 18.2 Å². The van der Waals surface area contributed by atoms with E-state index in [2.05, 4.69) is 12.2 Å². The molecule has 7 nitrogen and oxygen atoms in total. The second-order valence-electron chi connectivity index (χ2n) is 4.51. The molecule has 0 fully saturated rings. The quantitative estimate of drug-likeness (QED) is 0.301. The van der Waals surface area contributed by atoms with Crippen molar-refractivity contribution in [3.8, 4) is 0 Å². The Labute approximate surface area is 127 Å². The van der Waals surface area contributed by atoms with Crippen molar-refractivity contribution in [3.63, 3.8) is 0 Å². The number of hydrogen-bond acceptors (Lipinski definition) is 6. The molecular weight excluding hydrogens is 294 g/mol. The molecule has 1 aromatic rings. The van der Waals surface area contributed by atoms with Gasteiger partial charge in [-0.2, -0.15) is 0 Å². The normalized spacial score (nSPS) is 10.3. The van der Waals surface area contributed by atoms with Crippen LogP contribution >= 0.6 is 11.8 Å². The smallest absolute Gasteiger partial charge is 0.299 e. The van der Waals surface area contributed by atoms with E-state index < -0.39 is 9.85 Å². The summed E-state index contributed by atoms with van der Waals surface area (Å²) in [6.07, 6.45) is 4.74.